The summed E-state index contributed by atoms with van der Waals surface area (Å²) in [6.45, 7) is 3.55. The Hall–Kier alpha value is -1.95. The van der Waals surface area contributed by atoms with E-state index in [0.717, 1.165) is 19.6 Å². The van der Waals surface area contributed by atoms with E-state index in [9.17, 15) is 9.59 Å². The predicted octanol–water partition coefficient (Wildman–Crippen LogP) is 0.605. The molecule has 2 rings (SSSR count). The van der Waals surface area contributed by atoms with Crippen LogP contribution in [-0.4, -0.2) is 53.0 Å². The third kappa shape index (κ3) is 3.75. The lowest BCUT2D eigenvalue weighted by atomic mass is 10.3. The van der Waals surface area contributed by atoms with Crippen LogP contribution in [0.1, 0.15) is 33.8 Å². The third-order valence-corrected chi connectivity index (χ3v) is 3.11. The average molecular weight is 263 g/mol. The first-order valence-electron chi connectivity index (χ1n) is 6.38. The smallest absolute Gasteiger partial charge is 0.354 e. The van der Waals surface area contributed by atoms with Crippen molar-refractivity contribution >= 4 is 11.9 Å². The maximum atomic E-state index is 11.8. The summed E-state index contributed by atoms with van der Waals surface area (Å²) in [5.41, 5.74) is 0.0218. The molecule has 0 atom stereocenters. The second kappa shape index (κ2) is 6.29. The second-order valence-corrected chi connectivity index (χ2v) is 4.52. The molecule has 1 fully saturated rings. The molecular formula is C13H17N3O3. The van der Waals surface area contributed by atoms with E-state index in [1.807, 2.05) is 0 Å². The fraction of sp³-hybridized carbons (Fsp3) is 0.462. The topological polar surface area (TPSA) is 82.5 Å². The van der Waals surface area contributed by atoms with Crippen molar-refractivity contribution in [1.82, 2.24) is 15.2 Å². The number of carbonyl (C=O) groups excluding carboxylic acids is 1. The molecule has 1 aliphatic heterocycles. The minimum absolute atomic E-state index is 0.118. The summed E-state index contributed by atoms with van der Waals surface area (Å²) in [6.07, 6.45) is 2.44. The van der Waals surface area contributed by atoms with Crippen LogP contribution in [0.15, 0.2) is 18.2 Å². The van der Waals surface area contributed by atoms with Crippen molar-refractivity contribution in [3.63, 3.8) is 0 Å². The van der Waals surface area contributed by atoms with Crippen LogP contribution in [0.5, 0.6) is 0 Å². The summed E-state index contributed by atoms with van der Waals surface area (Å²) < 4.78 is 0. The molecule has 0 aromatic carbocycles. The van der Waals surface area contributed by atoms with E-state index < -0.39 is 5.97 Å². The van der Waals surface area contributed by atoms with E-state index in [4.69, 9.17) is 5.11 Å². The summed E-state index contributed by atoms with van der Waals surface area (Å²) in [7, 11) is 0. The van der Waals surface area contributed by atoms with Gasteiger partial charge in [0.1, 0.15) is 11.4 Å². The van der Waals surface area contributed by atoms with Crippen LogP contribution in [0.3, 0.4) is 0 Å². The molecule has 2 N–H and O–H groups in total. The first kappa shape index (κ1) is 13.5. The number of likely N-dealkylation sites (tertiary alicyclic amines) is 1. The lowest BCUT2D eigenvalue weighted by Gasteiger charge is -2.14. The summed E-state index contributed by atoms with van der Waals surface area (Å²) in [5.74, 6) is -1.46. The van der Waals surface area contributed by atoms with Gasteiger partial charge in [0, 0.05) is 13.1 Å². The normalized spacial score (nSPS) is 15.4. The van der Waals surface area contributed by atoms with Gasteiger partial charge in [0.2, 0.25) is 0 Å². The maximum Gasteiger partial charge on any atom is 0.354 e. The predicted molar refractivity (Wildman–Crippen MR) is 69.2 cm³/mol. The molecule has 1 amide bonds. The Morgan fingerprint density at radius 1 is 1.26 bits per heavy atom. The van der Waals surface area contributed by atoms with Gasteiger partial charge in [0.25, 0.3) is 5.91 Å². The number of nitrogens with one attached hydrogen (secondary N) is 1. The average Bonchev–Trinajstić information content (AvgIpc) is 2.92. The maximum absolute atomic E-state index is 11.8. The van der Waals surface area contributed by atoms with Gasteiger partial charge in [-0.1, -0.05) is 6.07 Å². The number of nitrogens with zero attached hydrogens (tertiary/aromatic N) is 2. The Labute approximate surface area is 111 Å². The van der Waals surface area contributed by atoms with Gasteiger partial charge in [-0.2, -0.15) is 0 Å². The molecule has 0 saturated carbocycles. The molecule has 19 heavy (non-hydrogen) atoms. The van der Waals surface area contributed by atoms with Crippen LogP contribution >= 0.6 is 0 Å². The standard InChI is InChI=1S/C13H17N3O3/c17-12(14-6-9-16-7-1-2-8-16)10-4-3-5-11(15-10)13(18)19/h3-5H,1-2,6-9H2,(H,14,17)(H,18,19). The van der Waals surface area contributed by atoms with Crippen molar-refractivity contribution in [3.8, 4) is 0 Å². The third-order valence-electron chi connectivity index (χ3n) is 3.11. The summed E-state index contributed by atoms with van der Waals surface area (Å²) >= 11 is 0. The molecule has 0 aliphatic carbocycles. The highest BCUT2D eigenvalue weighted by molar-refractivity contribution is 5.94. The summed E-state index contributed by atoms with van der Waals surface area (Å²) in [5, 5.41) is 11.6. The lowest BCUT2D eigenvalue weighted by molar-refractivity contribution is 0.0690. The van der Waals surface area contributed by atoms with Gasteiger partial charge in [0.15, 0.2) is 0 Å². The van der Waals surface area contributed by atoms with Crippen molar-refractivity contribution in [3.05, 3.63) is 29.6 Å². The molecule has 6 heteroatoms. The Morgan fingerprint density at radius 3 is 2.63 bits per heavy atom. The number of aromatic carboxylic acids is 1. The zero-order valence-corrected chi connectivity index (χ0v) is 10.6. The van der Waals surface area contributed by atoms with Crippen LogP contribution in [0.4, 0.5) is 0 Å². The van der Waals surface area contributed by atoms with Crippen LogP contribution in [0.2, 0.25) is 0 Å². The van der Waals surface area contributed by atoms with Crippen molar-refractivity contribution < 1.29 is 14.7 Å². The number of pyridine rings is 1. The van der Waals surface area contributed by atoms with Crippen LogP contribution in [0, 0.1) is 0 Å². The lowest BCUT2D eigenvalue weighted by Crippen LogP contribution is -2.34. The molecule has 0 unspecified atom stereocenters. The number of aromatic nitrogens is 1. The number of carboxylic acids is 1. The fourth-order valence-corrected chi connectivity index (χ4v) is 2.10. The Kier molecular flexibility index (Phi) is 4.46. The molecule has 102 valence electrons. The Balaban J connectivity index is 1.85. The van der Waals surface area contributed by atoms with Gasteiger partial charge in [-0.25, -0.2) is 9.78 Å². The number of carboxylic acid groups (broad SMARTS) is 1. The zero-order chi connectivity index (χ0) is 13.7. The second-order valence-electron chi connectivity index (χ2n) is 4.52. The van der Waals surface area contributed by atoms with Gasteiger partial charge in [-0.3, -0.25) is 4.79 Å². The van der Waals surface area contributed by atoms with E-state index >= 15 is 0 Å². The number of hydrogen-bond donors (Lipinski definition) is 2. The first-order valence-corrected chi connectivity index (χ1v) is 6.38. The van der Waals surface area contributed by atoms with Crippen LogP contribution in [-0.2, 0) is 0 Å². The van der Waals surface area contributed by atoms with Crippen LogP contribution < -0.4 is 5.32 Å². The fourth-order valence-electron chi connectivity index (χ4n) is 2.10. The largest absolute Gasteiger partial charge is 0.477 e. The van der Waals surface area contributed by atoms with Gasteiger partial charge in [-0.15, -0.1) is 0 Å². The van der Waals surface area contributed by atoms with E-state index in [1.54, 1.807) is 0 Å². The SMILES string of the molecule is O=C(O)c1cccc(C(=O)NCCN2CCCC2)n1. The monoisotopic (exact) mass is 263 g/mol. The van der Waals surface area contributed by atoms with Gasteiger partial charge in [0.05, 0.1) is 0 Å². The molecule has 0 radical (unpaired) electrons. The van der Waals surface area contributed by atoms with Crippen molar-refractivity contribution in [1.29, 1.82) is 0 Å². The minimum Gasteiger partial charge on any atom is -0.477 e. The molecule has 1 aromatic heterocycles. The first-order chi connectivity index (χ1) is 9.16. The van der Waals surface area contributed by atoms with E-state index in [-0.39, 0.29) is 17.3 Å². The van der Waals surface area contributed by atoms with E-state index in [2.05, 4.69) is 15.2 Å². The molecule has 0 spiro atoms. The van der Waals surface area contributed by atoms with E-state index in [0.29, 0.717) is 6.54 Å². The van der Waals surface area contributed by atoms with E-state index in [1.165, 1.54) is 31.0 Å². The zero-order valence-electron chi connectivity index (χ0n) is 10.6. The number of hydrogen-bond acceptors (Lipinski definition) is 4. The molecule has 6 nitrogen and oxygen atoms in total. The highest BCUT2D eigenvalue weighted by atomic mass is 16.4. The van der Waals surface area contributed by atoms with Gasteiger partial charge in [-0.05, 0) is 38.1 Å². The van der Waals surface area contributed by atoms with Crippen molar-refractivity contribution in [2.24, 2.45) is 0 Å². The molecule has 1 aliphatic rings. The molecule has 2 heterocycles. The quantitative estimate of drug-likeness (QED) is 0.813. The number of carbonyl (C=O) groups is 2. The Morgan fingerprint density at radius 2 is 1.95 bits per heavy atom. The Bertz CT molecular complexity index is 470. The number of amides is 1. The summed E-state index contributed by atoms with van der Waals surface area (Å²) in [6, 6.07) is 4.40. The van der Waals surface area contributed by atoms with Gasteiger partial charge < -0.3 is 15.3 Å². The minimum atomic E-state index is -1.13. The van der Waals surface area contributed by atoms with Crippen molar-refractivity contribution in [2.45, 2.75) is 12.8 Å². The molecule has 1 saturated heterocycles. The van der Waals surface area contributed by atoms with Gasteiger partial charge >= 0.3 is 5.97 Å². The highest BCUT2D eigenvalue weighted by Gasteiger charge is 2.13. The molecule has 1 aromatic rings. The highest BCUT2D eigenvalue weighted by Crippen LogP contribution is 2.05. The number of rotatable bonds is 5. The van der Waals surface area contributed by atoms with Crippen molar-refractivity contribution in [2.75, 3.05) is 26.2 Å². The summed E-state index contributed by atoms with van der Waals surface area (Å²) in [4.78, 5) is 28.7. The molecule has 0 bridgehead atoms. The molecular weight excluding hydrogens is 246 g/mol. The van der Waals surface area contributed by atoms with Crippen LogP contribution in [0.25, 0.3) is 0 Å².